The molecule has 1 aromatic carbocycles. The van der Waals surface area contributed by atoms with Gasteiger partial charge in [0.2, 0.25) is 10.0 Å². The van der Waals surface area contributed by atoms with E-state index in [0.29, 0.717) is 10.4 Å². The van der Waals surface area contributed by atoms with Crippen LogP contribution in [0, 0.1) is 0 Å². The summed E-state index contributed by atoms with van der Waals surface area (Å²) in [7, 11) is -2.09. The fraction of sp³-hybridized carbons (Fsp3) is 0.294. The highest BCUT2D eigenvalue weighted by atomic mass is 32.2. The van der Waals surface area contributed by atoms with Crippen LogP contribution in [0.3, 0.4) is 0 Å². The maximum Gasteiger partial charge on any atom is 0.345 e. The molecule has 2 aromatic rings. The Balaban J connectivity index is 2.05. The summed E-state index contributed by atoms with van der Waals surface area (Å²) in [5, 5.41) is 11.6. The van der Waals surface area contributed by atoms with Gasteiger partial charge in [0, 0.05) is 23.5 Å². The summed E-state index contributed by atoms with van der Waals surface area (Å²) >= 11 is 1.09. The van der Waals surface area contributed by atoms with Crippen molar-refractivity contribution >= 4 is 33.2 Å². The minimum atomic E-state index is -3.59. The monoisotopic (exact) mass is 396 g/mol. The molecule has 0 aliphatic carbocycles. The number of hydrogen-bond donors (Lipinski definition) is 2. The normalized spacial score (nSPS) is 11.7. The number of nitrogens with zero attached hydrogens (tertiary/aromatic N) is 1. The van der Waals surface area contributed by atoms with Crippen LogP contribution in [0.2, 0.25) is 0 Å². The van der Waals surface area contributed by atoms with E-state index in [1.165, 1.54) is 41.7 Å². The van der Waals surface area contributed by atoms with E-state index in [9.17, 15) is 18.0 Å². The number of carbonyl (C=O) groups excluding carboxylic acids is 1. The van der Waals surface area contributed by atoms with Crippen LogP contribution in [0.5, 0.6) is 0 Å². The van der Waals surface area contributed by atoms with Crippen LogP contribution >= 0.6 is 11.3 Å². The molecule has 0 radical (unpaired) electrons. The van der Waals surface area contributed by atoms with Gasteiger partial charge in [0.05, 0.1) is 11.4 Å². The molecule has 0 saturated heterocycles. The molecule has 26 heavy (non-hydrogen) atoms. The molecule has 1 aromatic heterocycles. The number of thiophene rings is 1. The van der Waals surface area contributed by atoms with Crippen molar-refractivity contribution in [1.29, 1.82) is 0 Å². The number of aromatic carboxylic acids is 1. The Labute approximate surface area is 156 Å². The van der Waals surface area contributed by atoms with E-state index in [1.807, 2.05) is 0 Å². The standard InChI is InChI=1S/C17H20N2O5S2/c1-11(2)19(3)26(23,24)14-7-4-12(5-8-14)16(20)18-10-13-6-9-15(25-13)17(21)22/h4-9,11H,10H2,1-3H3,(H,18,20)(H,21,22). The summed E-state index contributed by atoms with van der Waals surface area (Å²) in [5.74, 6) is -1.37. The Morgan fingerprint density at radius 3 is 2.27 bits per heavy atom. The molecule has 9 heteroatoms. The number of rotatable bonds is 7. The van der Waals surface area contributed by atoms with Gasteiger partial charge in [-0.1, -0.05) is 0 Å². The summed E-state index contributed by atoms with van der Waals surface area (Å²) in [4.78, 5) is 24.1. The van der Waals surface area contributed by atoms with Gasteiger partial charge in [-0.25, -0.2) is 13.2 Å². The highest BCUT2D eigenvalue weighted by Crippen LogP contribution is 2.18. The van der Waals surface area contributed by atoms with Crippen molar-refractivity contribution in [3.63, 3.8) is 0 Å². The number of nitrogens with one attached hydrogen (secondary N) is 1. The minimum Gasteiger partial charge on any atom is -0.477 e. The molecule has 2 rings (SSSR count). The Hall–Kier alpha value is -2.23. The van der Waals surface area contributed by atoms with Crippen LogP contribution in [0.1, 0.15) is 38.8 Å². The molecule has 0 fully saturated rings. The fourth-order valence-corrected chi connectivity index (χ4v) is 4.23. The lowest BCUT2D eigenvalue weighted by molar-refractivity contribution is 0.0702. The molecule has 2 N–H and O–H groups in total. The molecule has 140 valence electrons. The molecule has 0 bridgehead atoms. The Morgan fingerprint density at radius 2 is 1.77 bits per heavy atom. The van der Waals surface area contributed by atoms with Crippen molar-refractivity contribution < 1.29 is 23.1 Å². The summed E-state index contributed by atoms with van der Waals surface area (Å²) in [5.41, 5.74) is 0.325. The number of benzene rings is 1. The molecule has 0 saturated carbocycles. The van der Waals surface area contributed by atoms with E-state index in [1.54, 1.807) is 19.9 Å². The molecule has 7 nitrogen and oxygen atoms in total. The SMILES string of the molecule is CC(C)N(C)S(=O)(=O)c1ccc(C(=O)NCc2ccc(C(=O)O)s2)cc1. The van der Waals surface area contributed by atoms with E-state index >= 15 is 0 Å². The zero-order chi connectivity index (χ0) is 19.5. The third-order valence-electron chi connectivity index (χ3n) is 3.82. The van der Waals surface area contributed by atoms with E-state index in [4.69, 9.17) is 5.11 Å². The second kappa shape index (κ2) is 7.98. The molecule has 0 aliphatic heterocycles. The first kappa shape index (κ1) is 20.1. The van der Waals surface area contributed by atoms with Gasteiger partial charge in [-0.05, 0) is 50.2 Å². The van der Waals surface area contributed by atoms with Crippen molar-refractivity contribution in [2.75, 3.05) is 7.05 Å². The Bertz CT molecular complexity index is 901. The third kappa shape index (κ3) is 4.48. The van der Waals surface area contributed by atoms with Gasteiger partial charge < -0.3 is 10.4 Å². The first-order valence-corrected chi connectivity index (χ1v) is 10.1. The van der Waals surface area contributed by atoms with Crippen LogP contribution < -0.4 is 5.32 Å². The molecular formula is C17H20N2O5S2. The van der Waals surface area contributed by atoms with E-state index < -0.39 is 16.0 Å². The predicted molar refractivity (Wildman–Crippen MR) is 99.0 cm³/mol. The van der Waals surface area contributed by atoms with Gasteiger partial charge in [0.15, 0.2) is 0 Å². The Kier molecular flexibility index (Phi) is 6.17. The molecule has 0 unspecified atom stereocenters. The highest BCUT2D eigenvalue weighted by Gasteiger charge is 2.23. The van der Waals surface area contributed by atoms with Gasteiger partial charge in [-0.2, -0.15) is 4.31 Å². The van der Waals surface area contributed by atoms with Crippen LogP contribution in [0.15, 0.2) is 41.3 Å². The number of amides is 1. The van der Waals surface area contributed by atoms with Crippen molar-refractivity contribution in [2.45, 2.75) is 31.3 Å². The Morgan fingerprint density at radius 1 is 1.15 bits per heavy atom. The summed E-state index contributed by atoms with van der Waals surface area (Å²) < 4.78 is 26.1. The average Bonchev–Trinajstić information content (AvgIpc) is 3.08. The molecule has 1 amide bonds. The van der Waals surface area contributed by atoms with Gasteiger partial charge in [-0.15, -0.1) is 11.3 Å². The second-order valence-electron chi connectivity index (χ2n) is 5.89. The van der Waals surface area contributed by atoms with Crippen molar-refractivity contribution in [3.05, 3.63) is 51.7 Å². The first-order chi connectivity index (χ1) is 12.1. The highest BCUT2D eigenvalue weighted by molar-refractivity contribution is 7.89. The second-order valence-corrected chi connectivity index (χ2v) is 9.06. The molecule has 1 heterocycles. The zero-order valence-corrected chi connectivity index (χ0v) is 16.2. The average molecular weight is 396 g/mol. The smallest absolute Gasteiger partial charge is 0.345 e. The molecular weight excluding hydrogens is 376 g/mol. The van der Waals surface area contributed by atoms with Crippen LogP contribution in [-0.4, -0.2) is 42.8 Å². The first-order valence-electron chi connectivity index (χ1n) is 7.81. The lowest BCUT2D eigenvalue weighted by Crippen LogP contribution is -2.33. The van der Waals surface area contributed by atoms with Crippen LogP contribution in [0.25, 0.3) is 0 Å². The number of carboxylic acid groups (broad SMARTS) is 1. The van der Waals surface area contributed by atoms with Gasteiger partial charge in [-0.3, -0.25) is 4.79 Å². The lowest BCUT2D eigenvalue weighted by atomic mass is 10.2. The van der Waals surface area contributed by atoms with Crippen molar-refractivity contribution in [1.82, 2.24) is 9.62 Å². The number of sulfonamides is 1. The van der Waals surface area contributed by atoms with Crippen molar-refractivity contribution in [2.24, 2.45) is 0 Å². The van der Waals surface area contributed by atoms with Gasteiger partial charge in [0.1, 0.15) is 4.88 Å². The minimum absolute atomic E-state index is 0.120. The number of hydrogen-bond acceptors (Lipinski definition) is 5. The molecule has 0 aliphatic rings. The lowest BCUT2D eigenvalue weighted by Gasteiger charge is -2.21. The maximum atomic E-state index is 12.4. The number of carboxylic acids is 1. The fourth-order valence-electron chi connectivity index (χ4n) is 2.08. The van der Waals surface area contributed by atoms with Gasteiger partial charge >= 0.3 is 5.97 Å². The topological polar surface area (TPSA) is 104 Å². The van der Waals surface area contributed by atoms with Crippen LogP contribution in [0.4, 0.5) is 0 Å². The predicted octanol–water partition coefficient (Wildman–Crippen LogP) is 2.41. The summed E-state index contributed by atoms with van der Waals surface area (Å²) in [6.45, 7) is 3.76. The summed E-state index contributed by atoms with van der Waals surface area (Å²) in [6, 6.07) is 8.66. The maximum absolute atomic E-state index is 12.4. The molecule has 0 spiro atoms. The quantitative estimate of drug-likeness (QED) is 0.748. The largest absolute Gasteiger partial charge is 0.477 e. The third-order valence-corrected chi connectivity index (χ3v) is 6.94. The van der Waals surface area contributed by atoms with E-state index in [-0.39, 0.29) is 28.3 Å². The summed E-state index contributed by atoms with van der Waals surface area (Å²) in [6.07, 6.45) is 0. The van der Waals surface area contributed by atoms with Gasteiger partial charge in [0.25, 0.3) is 5.91 Å². The van der Waals surface area contributed by atoms with E-state index in [2.05, 4.69) is 5.32 Å². The van der Waals surface area contributed by atoms with Crippen LogP contribution in [-0.2, 0) is 16.6 Å². The van der Waals surface area contributed by atoms with Crippen molar-refractivity contribution in [3.8, 4) is 0 Å². The number of carbonyl (C=O) groups is 2. The molecule has 0 atom stereocenters. The zero-order valence-electron chi connectivity index (χ0n) is 14.6. The van der Waals surface area contributed by atoms with E-state index in [0.717, 1.165) is 11.3 Å².